The Bertz CT molecular complexity index is 626. The number of carbonyl (C=O) groups excluding carboxylic acids is 1. The Morgan fingerprint density at radius 1 is 1.35 bits per heavy atom. The summed E-state index contributed by atoms with van der Waals surface area (Å²) in [6.07, 6.45) is 2.60. The molecule has 7 nitrogen and oxygen atoms in total. The maximum atomic E-state index is 12.5. The average Bonchev–Trinajstić information content (AvgIpc) is 3.00. The van der Waals surface area contributed by atoms with E-state index in [1.54, 1.807) is 0 Å². The highest BCUT2D eigenvalue weighted by Crippen LogP contribution is 2.16. The highest BCUT2D eigenvalue weighted by atomic mass is 16.5. The van der Waals surface area contributed by atoms with E-state index in [1.807, 2.05) is 29.2 Å². The van der Waals surface area contributed by atoms with Crippen LogP contribution in [0.15, 0.2) is 24.3 Å². The lowest BCUT2D eigenvalue weighted by molar-refractivity contribution is -0.130. The number of nitrogens with zero attached hydrogens (tertiary/aromatic N) is 4. The lowest BCUT2D eigenvalue weighted by atomic mass is 10.1. The fraction of sp³-hybridized carbons (Fsp3) is 0.500. The van der Waals surface area contributed by atoms with Crippen molar-refractivity contribution in [2.75, 3.05) is 19.7 Å². The van der Waals surface area contributed by atoms with Crippen molar-refractivity contribution in [3.63, 3.8) is 0 Å². The molecule has 1 aliphatic rings. The van der Waals surface area contributed by atoms with Gasteiger partial charge in [0.1, 0.15) is 0 Å². The Morgan fingerprint density at radius 3 is 2.87 bits per heavy atom. The van der Waals surface area contributed by atoms with E-state index in [-0.39, 0.29) is 12.0 Å². The molecule has 0 saturated carbocycles. The SMILES string of the molecule is CCC1CCN(C(=O)Cc2ccc(-c3nn[nH]n3)cc2)CCO1. The van der Waals surface area contributed by atoms with Gasteiger partial charge in [-0.1, -0.05) is 31.2 Å². The zero-order valence-corrected chi connectivity index (χ0v) is 13.2. The molecule has 1 fully saturated rings. The Hall–Kier alpha value is -2.28. The van der Waals surface area contributed by atoms with Gasteiger partial charge in [-0.15, -0.1) is 10.2 Å². The van der Waals surface area contributed by atoms with Crippen LogP contribution in [0.3, 0.4) is 0 Å². The van der Waals surface area contributed by atoms with Crippen molar-refractivity contribution in [1.29, 1.82) is 0 Å². The lowest BCUT2D eigenvalue weighted by Crippen LogP contribution is -2.34. The van der Waals surface area contributed by atoms with Gasteiger partial charge in [-0.25, -0.2) is 0 Å². The van der Waals surface area contributed by atoms with E-state index in [9.17, 15) is 4.79 Å². The van der Waals surface area contributed by atoms with Crippen molar-refractivity contribution >= 4 is 5.91 Å². The first-order valence-corrected chi connectivity index (χ1v) is 7.98. The number of hydrogen-bond donors (Lipinski definition) is 1. The van der Waals surface area contributed by atoms with Crippen LogP contribution in [-0.2, 0) is 16.0 Å². The maximum absolute atomic E-state index is 12.5. The molecule has 23 heavy (non-hydrogen) atoms. The van der Waals surface area contributed by atoms with Crippen LogP contribution in [0.5, 0.6) is 0 Å². The Balaban J connectivity index is 1.59. The zero-order chi connectivity index (χ0) is 16.1. The summed E-state index contributed by atoms with van der Waals surface area (Å²) in [5.41, 5.74) is 1.86. The molecule has 1 N–H and O–H groups in total. The van der Waals surface area contributed by atoms with E-state index in [0.29, 0.717) is 25.4 Å². The van der Waals surface area contributed by atoms with Gasteiger partial charge in [-0.05, 0) is 23.6 Å². The maximum Gasteiger partial charge on any atom is 0.227 e. The van der Waals surface area contributed by atoms with E-state index in [2.05, 4.69) is 27.5 Å². The molecule has 1 atom stereocenters. The van der Waals surface area contributed by atoms with E-state index < -0.39 is 0 Å². The highest BCUT2D eigenvalue weighted by Gasteiger charge is 2.20. The summed E-state index contributed by atoms with van der Waals surface area (Å²) in [6.45, 7) is 4.20. The number of carbonyl (C=O) groups is 1. The Kier molecular flexibility index (Phi) is 4.97. The zero-order valence-electron chi connectivity index (χ0n) is 13.2. The summed E-state index contributed by atoms with van der Waals surface area (Å²) in [7, 11) is 0. The first-order valence-electron chi connectivity index (χ1n) is 7.98. The summed E-state index contributed by atoms with van der Waals surface area (Å²) in [6, 6.07) is 7.69. The molecule has 0 spiro atoms. The molecular weight excluding hydrogens is 294 g/mol. The van der Waals surface area contributed by atoms with Crippen molar-refractivity contribution in [3.05, 3.63) is 29.8 Å². The van der Waals surface area contributed by atoms with Gasteiger partial charge in [0, 0.05) is 18.7 Å². The molecule has 1 amide bonds. The van der Waals surface area contributed by atoms with Crippen molar-refractivity contribution in [3.8, 4) is 11.4 Å². The molecule has 1 aliphatic heterocycles. The van der Waals surface area contributed by atoms with E-state index in [0.717, 1.165) is 30.5 Å². The monoisotopic (exact) mass is 315 g/mol. The topological polar surface area (TPSA) is 84.0 Å². The van der Waals surface area contributed by atoms with Gasteiger partial charge < -0.3 is 9.64 Å². The standard InChI is InChI=1S/C16H21N5O2/c1-2-14-7-8-21(9-10-23-14)15(22)11-12-3-5-13(6-4-12)16-17-19-20-18-16/h3-6,14H,2,7-11H2,1H3,(H,17,18,19,20). The van der Waals surface area contributed by atoms with E-state index in [4.69, 9.17) is 4.74 Å². The largest absolute Gasteiger partial charge is 0.376 e. The first kappa shape index (κ1) is 15.6. The van der Waals surface area contributed by atoms with Gasteiger partial charge in [0.05, 0.1) is 19.1 Å². The predicted octanol–water partition coefficient (Wildman–Crippen LogP) is 1.44. The molecule has 1 unspecified atom stereocenters. The molecule has 1 aromatic carbocycles. The van der Waals surface area contributed by atoms with Crippen LogP contribution in [0.1, 0.15) is 25.3 Å². The summed E-state index contributed by atoms with van der Waals surface area (Å²) in [5, 5.41) is 13.9. The van der Waals surface area contributed by atoms with Gasteiger partial charge >= 0.3 is 0 Å². The second-order valence-electron chi connectivity index (χ2n) is 5.68. The quantitative estimate of drug-likeness (QED) is 0.923. The number of rotatable bonds is 4. The molecule has 0 bridgehead atoms. The van der Waals surface area contributed by atoms with Crippen LogP contribution in [0.2, 0.25) is 0 Å². The van der Waals surface area contributed by atoms with Crippen LogP contribution in [0, 0.1) is 0 Å². The van der Waals surface area contributed by atoms with Gasteiger partial charge in [-0.3, -0.25) is 4.79 Å². The molecule has 122 valence electrons. The number of ether oxygens (including phenoxy) is 1. The van der Waals surface area contributed by atoms with Crippen LogP contribution in [-0.4, -0.2) is 57.2 Å². The van der Waals surface area contributed by atoms with Gasteiger partial charge in [-0.2, -0.15) is 5.21 Å². The minimum atomic E-state index is 0.151. The summed E-state index contributed by atoms with van der Waals surface area (Å²) in [4.78, 5) is 14.4. The Labute approximate surface area is 135 Å². The molecule has 0 radical (unpaired) electrons. The Morgan fingerprint density at radius 2 is 2.17 bits per heavy atom. The fourth-order valence-electron chi connectivity index (χ4n) is 2.74. The second-order valence-corrected chi connectivity index (χ2v) is 5.68. The number of amides is 1. The molecule has 1 saturated heterocycles. The van der Waals surface area contributed by atoms with Crippen LogP contribution in [0.25, 0.3) is 11.4 Å². The summed E-state index contributed by atoms with van der Waals surface area (Å²) >= 11 is 0. The highest BCUT2D eigenvalue weighted by molar-refractivity contribution is 5.79. The fourth-order valence-corrected chi connectivity index (χ4v) is 2.74. The first-order chi connectivity index (χ1) is 11.3. The molecule has 1 aromatic heterocycles. The van der Waals surface area contributed by atoms with Crippen molar-refractivity contribution in [2.24, 2.45) is 0 Å². The minimum absolute atomic E-state index is 0.151. The van der Waals surface area contributed by atoms with Gasteiger partial charge in [0.15, 0.2) is 0 Å². The number of aromatic amines is 1. The number of benzene rings is 1. The third kappa shape index (κ3) is 3.92. The number of tetrazole rings is 1. The smallest absolute Gasteiger partial charge is 0.227 e. The number of aromatic nitrogens is 4. The van der Waals surface area contributed by atoms with Gasteiger partial charge in [0.25, 0.3) is 0 Å². The lowest BCUT2D eigenvalue weighted by Gasteiger charge is -2.19. The van der Waals surface area contributed by atoms with E-state index >= 15 is 0 Å². The molecule has 2 heterocycles. The molecule has 2 aromatic rings. The number of hydrogen-bond acceptors (Lipinski definition) is 5. The normalized spacial score (nSPS) is 18.7. The minimum Gasteiger partial charge on any atom is -0.376 e. The summed E-state index contributed by atoms with van der Waals surface area (Å²) in [5.74, 6) is 0.704. The third-order valence-corrected chi connectivity index (χ3v) is 4.16. The van der Waals surface area contributed by atoms with Crippen LogP contribution in [0.4, 0.5) is 0 Å². The van der Waals surface area contributed by atoms with Gasteiger partial charge in [0.2, 0.25) is 11.7 Å². The number of nitrogens with one attached hydrogen (secondary N) is 1. The molecule has 0 aliphatic carbocycles. The van der Waals surface area contributed by atoms with Crippen LogP contribution >= 0.6 is 0 Å². The van der Waals surface area contributed by atoms with E-state index in [1.165, 1.54) is 0 Å². The van der Waals surface area contributed by atoms with Crippen molar-refractivity contribution < 1.29 is 9.53 Å². The average molecular weight is 315 g/mol. The third-order valence-electron chi connectivity index (χ3n) is 4.16. The molecule has 3 rings (SSSR count). The summed E-state index contributed by atoms with van der Waals surface area (Å²) < 4.78 is 5.72. The number of H-pyrrole nitrogens is 1. The predicted molar refractivity (Wildman–Crippen MR) is 84.5 cm³/mol. The van der Waals surface area contributed by atoms with Crippen molar-refractivity contribution in [2.45, 2.75) is 32.3 Å². The molecular formula is C16H21N5O2. The van der Waals surface area contributed by atoms with Crippen molar-refractivity contribution in [1.82, 2.24) is 25.5 Å². The molecule has 7 heteroatoms. The van der Waals surface area contributed by atoms with Crippen LogP contribution < -0.4 is 0 Å². The second kappa shape index (κ2) is 7.32.